The van der Waals surface area contributed by atoms with Crippen LogP contribution in [0, 0.1) is 12.7 Å². The smallest absolute Gasteiger partial charge is 0.227 e. The molecule has 32 heavy (non-hydrogen) atoms. The highest BCUT2D eigenvalue weighted by Gasteiger charge is 2.29. The number of anilines is 1. The SMILES string of the molecule is Cc1noc(CCC(=O)N2CCOC(c3nc(N(C)C)ncc3-c3ccc(F)cc3)C2)n1. The fourth-order valence-electron chi connectivity index (χ4n) is 3.55. The zero-order valence-corrected chi connectivity index (χ0v) is 18.3. The first kappa shape index (κ1) is 21.8. The average Bonchev–Trinajstić information content (AvgIpc) is 3.22. The highest BCUT2D eigenvalue weighted by atomic mass is 19.1. The summed E-state index contributed by atoms with van der Waals surface area (Å²) in [6.07, 6.45) is 1.94. The summed E-state index contributed by atoms with van der Waals surface area (Å²) in [5.74, 6) is 1.20. The molecular formula is C22H25FN6O3. The maximum Gasteiger partial charge on any atom is 0.227 e. The summed E-state index contributed by atoms with van der Waals surface area (Å²) < 4.78 is 24.6. The molecule has 4 rings (SSSR count). The third-order valence-electron chi connectivity index (χ3n) is 5.21. The van der Waals surface area contributed by atoms with Crippen molar-refractivity contribution in [2.75, 3.05) is 38.7 Å². The Bertz CT molecular complexity index is 1090. The van der Waals surface area contributed by atoms with Crippen molar-refractivity contribution >= 4 is 11.9 Å². The number of ether oxygens (including phenoxy) is 1. The lowest BCUT2D eigenvalue weighted by Gasteiger charge is -2.33. The Labute approximate surface area is 185 Å². The standard InChI is InChI=1S/C22H25FN6O3/c1-14-25-19(32-27-14)8-9-20(30)29-10-11-31-18(13-29)21-17(12-24-22(26-21)28(2)3)15-4-6-16(23)7-5-15/h4-7,12,18H,8-11,13H2,1-3H3. The van der Waals surface area contributed by atoms with Crippen LogP contribution in [0.2, 0.25) is 0 Å². The molecule has 2 aromatic heterocycles. The molecule has 10 heteroatoms. The Balaban J connectivity index is 1.55. The predicted octanol–water partition coefficient (Wildman–Crippen LogP) is 2.57. The Kier molecular flexibility index (Phi) is 6.40. The molecule has 0 saturated carbocycles. The van der Waals surface area contributed by atoms with Crippen LogP contribution in [0.3, 0.4) is 0 Å². The monoisotopic (exact) mass is 440 g/mol. The van der Waals surface area contributed by atoms with Gasteiger partial charge in [0.1, 0.15) is 11.9 Å². The van der Waals surface area contributed by atoms with Crippen molar-refractivity contribution in [3.05, 3.63) is 53.7 Å². The fourth-order valence-corrected chi connectivity index (χ4v) is 3.55. The second-order valence-corrected chi connectivity index (χ2v) is 7.80. The summed E-state index contributed by atoms with van der Waals surface area (Å²) in [7, 11) is 3.71. The molecular weight excluding hydrogens is 415 g/mol. The molecule has 168 valence electrons. The van der Waals surface area contributed by atoms with Gasteiger partial charge in [-0.3, -0.25) is 4.79 Å². The van der Waals surface area contributed by atoms with E-state index in [-0.39, 0.29) is 18.1 Å². The van der Waals surface area contributed by atoms with Crippen LogP contribution in [0.1, 0.15) is 29.9 Å². The minimum absolute atomic E-state index is 0.0145. The highest BCUT2D eigenvalue weighted by Crippen LogP contribution is 2.31. The quantitative estimate of drug-likeness (QED) is 0.577. The predicted molar refractivity (Wildman–Crippen MR) is 114 cm³/mol. The van der Waals surface area contributed by atoms with E-state index in [4.69, 9.17) is 14.2 Å². The van der Waals surface area contributed by atoms with Crippen molar-refractivity contribution in [3.63, 3.8) is 0 Å². The van der Waals surface area contributed by atoms with Gasteiger partial charge in [0.25, 0.3) is 0 Å². The number of halogens is 1. The largest absolute Gasteiger partial charge is 0.368 e. The van der Waals surface area contributed by atoms with Crippen LogP contribution in [0.5, 0.6) is 0 Å². The number of morpholine rings is 1. The van der Waals surface area contributed by atoms with E-state index in [9.17, 15) is 9.18 Å². The number of hydrogen-bond donors (Lipinski definition) is 0. The molecule has 1 aliphatic rings. The first-order valence-electron chi connectivity index (χ1n) is 10.4. The minimum atomic E-state index is -0.430. The zero-order chi connectivity index (χ0) is 22.7. The second kappa shape index (κ2) is 9.39. The first-order valence-corrected chi connectivity index (χ1v) is 10.4. The molecule has 1 unspecified atom stereocenters. The molecule has 0 bridgehead atoms. The van der Waals surface area contributed by atoms with E-state index in [0.717, 1.165) is 11.1 Å². The number of nitrogens with zero attached hydrogens (tertiary/aromatic N) is 6. The molecule has 1 aromatic carbocycles. The van der Waals surface area contributed by atoms with Crippen molar-refractivity contribution in [2.24, 2.45) is 0 Å². The third kappa shape index (κ3) is 4.91. The maximum atomic E-state index is 13.4. The number of benzene rings is 1. The second-order valence-electron chi connectivity index (χ2n) is 7.80. The van der Waals surface area contributed by atoms with Gasteiger partial charge in [-0.05, 0) is 24.6 Å². The lowest BCUT2D eigenvalue weighted by Crippen LogP contribution is -2.42. The Hall–Kier alpha value is -3.40. The highest BCUT2D eigenvalue weighted by molar-refractivity contribution is 5.76. The Morgan fingerprint density at radius 2 is 2.03 bits per heavy atom. The average molecular weight is 440 g/mol. The van der Waals surface area contributed by atoms with Crippen LogP contribution in [-0.2, 0) is 16.0 Å². The van der Waals surface area contributed by atoms with Gasteiger partial charge in [0.2, 0.25) is 17.7 Å². The fraction of sp³-hybridized carbons (Fsp3) is 0.409. The van der Waals surface area contributed by atoms with Gasteiger partial charge < -0.3 is 19.1 Å². The summed E-state index contributed by atoms with van der Waals surface area (Å²) in [4.78, 5) is 29.7. The van der Waals surface area contributed by atoms with E-state index in [0.29, 0.717) is 49.5 Å². The number of amides is 1. The molecule has 0 spiro atoms. The normalized spacial score (nSPS) is 16.2. The van der Waals surface area contributed by atoms with E-state index >= 15 is 0 Å². The van der Waals surface area contributed by atoms with Gasteiger partial charge in [0.15, 0.2) is 5.82 Å². The van der Waals surface area contributed by atoms with E-state index in [1.165, 1.54) is 12.1 Å². The maximum absolute atomic E-state index is 13.4. The van der Waals surface area contributed by atoms with Gasteiger partial charge in [-0.2, -0.15) is 4.98 Å². The van der Waals surface area contributed by atoms with Gasteiger partial charge in [-0.15, -0.1) is 0 Å². The van der Waals surface area contributed by atoms with E-state index in [1.54, 1.807) is 35.1 Å². The first-order chi connectivity index (χ1) is 15.4. The van der Waals surface area contributed by atoms with Crippen LogP contribution >= 0.6 is 0 Å². The molecule has 0 aliphatic carbocycles. The van der Waals surface area contributed by atoms with Gasteiger partial charge in [0.05, 0.1) is 18.8 Å². The number of rotatable bonds is 6. The number of carbonyl (C=O) groups is 1. The number of aromatic nitrogens is 4. The molecule has 1 atom stereocenters. The van der Waals surface area contributed by atoms with Crippen molar-refractivity contribution < 1.29 is 18.4 Å². The van der Waals surface area contributed by atoms with Crippen LogP contribution in [-0.4, -0.2) is 64.7 Å². The molecule has 1 amide bonds. The molecule has 0 N–H and O–H groups in total. The zero-order valence-electron chi connectivity index (χ0n) is 18.3. The lowest BCUT2D eigenvalue weighted by atomic mass is 10.0. The molecule has 0 radical (unpaired) electrons. The van der Waals surface area contributed by atoms with Gasteiger partial charge in [0, 0.05) is 45.2 Å². The Morgan fingerprint density at radius 1 is 1.25 bits per heavy atom. The lowest BCUT2D eigenvalue weighted by molar-refractivity contribution is -0.139. The summed E-state index contributed by atoms with van der Waals surface area (Å²) in [6.45, 7) is 2.99. The molecule has 9 nitrogen and oxygen atoms in total. The van der Waals surface area contributed by atoms with Crippen molar-refractivity contribution in [1.29, 1.82) is 0 Å². The van der Waals surface area contributed by atoms with Crippen molar-refractivity contribution in [1.82, 2.24) is 25.0 Å². The molecule has 3 heterocycles. The molecule has 1 saturated heterocycles. The summed E-state index contributed by atoms with van der Waals surface area (Å²) >= 11 is 0. The third-order valence-corrected chi connectivity index (χ3v) is 5.21. The molecule has 1 aliphatic heterocycles. The number of hydrogen-bond acceptors (Lipinski definition) is 8. The number of aryl methyl sites for hydroxylation is 2. The van der Waals surface area contributed by atoms with Crippen LogP contribution < -0.4 is 4.90 Å². The van der Waals surface area contributed by atoms with Gasteiger partial charge in [-0.25, -0.2) is 14.4 Å². The van der Waals surface area contributed by atoms with Crippen molar-refractivity contribution in [3.8, 4) is 11.1 Å². The van der Waals surface area contributed by atoms with E-state index in [2.05, 4.69) is 15.1 Å². The molecule has 3 aromatic rings. The summed E-state index contributed by atoms with van der Waals surface area (Å²) in [5, 5.41) is 3.75. The minimum Gasteiger partial charge on any atom is -0.368 e. The topological polar surface area (TPSA) is 97.5 Å². The van der Waals surface area contributed by atoms with Gasteiger partial charge in [-0.1, -0.05) is 17.3 Å². The van der Waals surface area contributed by atoms with E-state index in [1.807, 2.05) is 14.1 Å². The van der Waals surface area contributed by atoms with Crippen LogP contribution in [0.4, 0.5) is 10.3 Å². The summed E-state index contributed by atoms with van der Waals surface area (Å²) in [5.41, 5.74) is 2.20. The van der Waals surface area contributed by atoms with Crippen LogP contribution in [0.15, 0.2) is 35.0 Å². The van der Waals surface area contributed by atoms with Crippen molar-refractivity contribution in [2.45, 2.75) is 25.9 Å². The molecule has 1 fully saturated rings. The van der Waals surface area contributed by atoms with Crippen LogP contribution in [0.25, 0.3) is 11.1 Å². The number of carbonyl (C=O) groups excluding carboxylic acids is 1. The van der Waals surface area contributed by atoms with E-state index < -0.39 is 6.10 Å². The summed E-state index contributed by atoms with van der Waals surface area (Å²) in [6, 6.07) is 6.17. The van der Waals surface area contributed by atoms with Gasteiger partial charge >= 0.3 is 0 Å². The Morgan fingerprint density at radius 3 is 2.72 bits per heavy atom.